The maximum absolute atomic E-state index is 12.1. The molecule has 0 unspecified atom stereocenters. The summed E-state index contributed by atoms with van der Waals surface area (Å²) in [5, 5.41) is 0. The molecule has 0 aromatic heterocycles. The number of carbonyl (C=O) groups excluding carboxylic acids is 1. The van der Waals surface area contributed by atoms with E-state index < -0.39 is 0 Å². The second-order valence-corrected chi connectivity index (χ2v) is 5.09. The van der Waals surface area contributed by atoms with Crippen LogP contribution in [0.1, 0.15) is 54.4 Å². The average molecular weight is 213 g/mol. The summed E-state index contributed by atoms with van der Waals surface area (Å²) >= 11 is 0. The second kappa shape index (κ2) is 6.26. The van der Waals surface area contributed by atoms with Crippen molar-refractivity contribution in [2.45, 2.75) is 59.9 Å². The maximum atomic E-state index is 12.1. The standard InChI is InChI=1S/C13H27NO/c1-7-14(8-2)13(5,6)12(15)10-9-11(3)4/h11H,7-10H2,1-6H3. The highest BCUT2D eigenvalue weighted by molar-refractivity contribution is 5.87. The lowest BCUT2D eigenvalue weighted by Crippen LogP contribution is -2.49. The highest BCUT2D eigenvalue weighted by Crippen LogP contribution is 2.19. The van der Waals surface area contributed by atoms with Gasteiger partial charge in [0.2, 0.25) is 0 Å². The first-order valence-electron chi connectivity index (χ1n) is 6.14. The van der Waals surface area contributed by atoms with E-state index in [9.17, 15) is 4.79 Å². The van der Waals surface area contributed by atoms with Gasteiger partial charge >= 0.3 is 0 Å². The summed E-state index contributed by atoms with van der Waals surface area (Å²) in [6.07, 6.45) is 1.71. The van der Waals surface area contributed by atoms with Gasteiger partial charge in [0.05, 0.1) is 5.54 Å². The van der Waals surface area contributed by atoms with Crippen molar-refractivity contribution in [1.82, 2.24) is 4.90 Å². The molecule has 0 heterocycles. The Labute approximate surface area is 95.0 Å². The number of hydrogen-bond donors (Lipinski definition) is 0. The molecule has 0 aromatic rings. The average Bonchev–Trinajstić information content (AvgIpc) is 2.15. The molecule has 0 bridgehead atoms. The summed E-state index contributed by atoms with van der Waals surface area (Å²) in [5.74, 6) is 0.987. The highest BCUT2D eigenvalue weighted by atomic mass is 16.1. The maximum Gasteiger partial charge on any atom is 0.152 e. The van der Waals surface area contributed by atoms with E-state index in [0.717, 1.165) is 19.5 Å². The summed E-state index contributed by atoms with van der Waals surface area (Å²) in [5.41, 5.74) is -0.293. The van der Waals surface area contributed by atoms with Crippen molar-refractivity contribution in [2.75, 3.05) is 13.1 Å². The van der Waals surface area contributed by atoms with Crippen LogP contribution in [0.2, 0.25) is 0 Å². The van der Waals surface area contributed by atoms with Gasteiger partial charge in [0.15, 0.2) is 5.78 Å². The Balaban J connectivity index is 4.36. The fraction of sp³-hybridized carbons (Fsp3) is 0.923. The van der Waals surface area contributed by atoms with Crippen LogP contribution >= 0.6 is 0 Å². The summed E-state index contributed by atoms with van der Waals surface area (Å²) in [6, 6.07) is 0. The van der Waals surface area contributed by atoms with Crippen LogP contribution in [-0.2, 0) is 4.79 Å². The van der Waals surface area contributed by atoms with E-state index in [-0.39, 0.29) is 5.54 Å². The van der Waals surface area contributed by atoms with Crippen LogP contribution in [-0.4, -0.2) is 29.3 Å². The van der Waals surface area contributed by atoms with Crippen LogP contribution in [0.5, 0.6) is 0 Å². The summed E-state index contributed by atoms with van der Waals surface area (Å²) < 4.78 is 0. The van der Waals surface area contributed by atoms with Crippen LogP contribution in [0.15, 0.2) is 0 Å². The van der Waals surface area contributed by atoms with Gasteiger partial charge in [0, 0.05) is 6.42 Å². The summed E-state index contributed by atoms with van der Waals surface area (Å²) in [4.78, 5) is 14.3. The number of ketones is 1. The van der Waals surface area contributed by atoms with Gasteiger partial charge < -0.3 is 0 Å². The SMILES string of the molecule is CCN(CC)C(C)(C)C(=O)CCC(C)C. The third-order valence-electron chi connectivity index (χ3n) is 3.19. The molecule has 0 spiro atoms. The molecule has 0 atom stereocenters. The highest BCUT2D eigenvalue weighted by Gasteiger charge is 2.31. The number of carbonyl (C=O) groups is 1. The molecular weight excluding hydrogens is 186 g/mol. The third kappa shape index (κ3) is 4.33. The first-order chi connectivity index (χ1) is 6.86. The minimum atomic E-state index is -0.293. The molecule has 0 fully saturated rings. The number of likely N-dealkylation sites (N-methyl/N-ethyl adjacent to an activating group) is 1. The largest absolute Gasteiger partial charge is 0.298 e. The molecule has 0 saturated heterocycles. The lowest BCUT2D eigenvalue weighted by molar-refractivity contribution is -0.129. The Morgan fingerprint density at radius 3 is 2.00 bits per heavy atom. The molecule has 0 aliphatic heterocycles. The van der Waals surface area contributed by atoms with Crippen LogP contribution < -0.4 is 0 Å². The van der Waals surface area contributed by atoms with Crippen molar-refractivity contribution in [3.05, 3.63) is 0 Å². The number of Topliss-reactive ketones (excluding diaryl/α,β-unsaturated/α-hetero) is 1. The lowest BCUT2D eigenvalue weighted by Gasteiger charge is -2.36. The molecule has 0 aliphatic carbocycles. The van der Waals surface area contributed by atoms with E-state index >= 15 is 0 Å². The van der Waals surface area contributed by atoms with Gasteiger partial charge in [-0.05, 0) is 39.3 Å². The fourth-order valence-corrected chi connectivity index (χ4v) is 1.92. The van der Waals surface area contributed by atoms with E-state index in [1.807, 2.05) is 13.8 Å². The molecule has 0 amide bonds. The number of nitrogens with zero attached hydrogens (tertiary/aromatic N) is 1. The fourth-order valence-electron chi connectivity index (χ4n) is 1.92. The molecule has 15 heavy (non-hydrogen) atoms. The van der Waals surface area contributed by atoms with Crippen LogP contribution in [0.3, 0.4) is 0 Å². The van der Waals surface area contributed by atoms with E-state index in [2.05, 4.69) is 32.6 Å². The Morgan fingerprint density at radius 2 is 1.67 bits per heavy atom. The molecule has 0 aliphatic rings. The molecule has 0 rings (SSSR count). The number of rotatable bonds is 7. The zero-order chi connectivity index (χ0) is 12.1. The normalized spacial score (nSPS) is 12.5. The Hall–Kier alpha value is -0.370. The quantitative estimate of drug-likeness (QED) is 0.647. The van der Waals surface area contributed by atoms with Crippen LogP contribution in [0.25, 0.3) is 0 Å². The zero-order valence-corrected chi connectivity index (χ0v) is 11.3. The Bertz CT molecular complexity index is 193. The van der Waals surface area contributed by atoms with Gasteiger partial charge in [-0.2, -0.15) is 0 Å². The molecule has 0 N–H and O–H groups in total. The van der Waals surface area contributed by atoms with Gasteiger partial charge in [-0.3, -0.25) is 9.69 Å². The smallest absolute Gasteiger partial charge is 0.152 e. The molecular formula is C13H27NO. The first-order valence-corrected chi connectivity index (χ1v) is 6.14. The van der Waals surface area contributed by atoms with Crippen LogP contribution in [0.4, 0.5) is 0 Å². The molecule has 0 saturated carbocycles. The zero-order valence-electron chi connectivity index (χ0n) is 11.3. The Morgan fingerprint density at radius 1 is 1.20 bits per heavy atom. The minimum Gasteiger partial charge on any atom is -0.298 e. The van der Waals surface area contributed by atoms with Crippen molar-refractivity contribution >= 4 is 5.78 Å². The predicted octanol–water partition coefficient (Wildman–Crippen LogP) is 3.11. The first kappa shape index (κ1) is 14.6. The second-order valence-electron chi connectivity index (χ2n) is 5.09. The molecule has 0 aromatic carbocycles. The predicted molar refractivity (Wildman–Crippen MR) is 66.1 cm³/mol. The number of hydrogen-bond acceptors (Lipinski definition) is 2. The Kier molecular flexibility index (Phi) is 6.11. The van der Waals surface area contributed by atoms with Gasteiger partial charge in [-0.25, -0.2) is 0 Å². The monoisotopic (exact) mass is 213 g/mol. The molecule has 90 valence electrons. The molecule has 0 radical (unpaired) electrons. The third-order valence-corrected chi connectivity index (χ3v) is 3.19. The van der Waals surface area contributed by atoms with E-state index in [0.29, 0.717) is 18.1 Å². The van der Waals surface area contributed by atoms with E-state index in [4.69, 9.17) is 0 Å². The lowest BCUT2D eigenvalue weighted by atomic mass is 9.91. The summed E-state index contributed by atoms with van der Waals surface area (Å²) in [7, 11) is 0. The van der Waals surface area contributed by atoms with Crippen molar-refractivity contribution < 1.29 is 4.79 Å². The van der Waals surface area contributed by atoms with Crippen molar-refractivity contribution in [2.24, 2.45) is 5.92 Å². The van der Waals surface area contributed by atoms with Crippen molar-refractivity contribution in [1.29, 1.82) is 0 Å². The van der Waals surface area contributed by atoms with Crippen molar-refractivity contribution in [3.8, 4) is 0 Å². The van der Waals surface area contributed by atoms with E-state index in [1.54, 1.807) is 0 Å². The summed E-state index contributed by atoms with van der Waals surface area (Å²) in [6.45, 7) is 14.5. The van der Waals surface area contributed by atoms with Gasteiger partial charge in [-0.15, -0.1) is 0 Å². The van der Waals surface area contributed by atoms with Gasteiger partial charge in [-0.1, -0.05) is 27.7 Å². The van der Waals surface area contributed by atoms with E-state index in [1.165, 1.54) is 0 Å². The topological polar surface area (TPSA) is 20.3 Å². The van der Waals surface area contributed by atoms with Gasteiger partial charge in [0.25, 0.3) is 0 Å². The minimum absolute atomic E-state index is 0.293. The molecule has 2 nitrogen and oxygen atoms in total. The van der Waals surface area contributed by atoms with Crippen LogP contribution in [0, 0.1) is 5.92 Å². The van der Waals surface area contributed by atoms with Crippen molar-refractivity contribution in [3.63, 3.8) is 0 Å². The molecule has 2 heteroatoms. The van der Waals surface area contributed by atoms with Gasteiger partial charge in [0.1, 0.15) is 0 Å².